The summed E-state index contributed by atoms with van der Waals surface area (Å²) >= 11 is 0. The Balaban J connectivity index is 3.12. The van der Waals surface area contributed by atoms with Gasteiger partial charge in [0, 0.05) is 6.07 Å². The lowest BCUT2D eigenvalue weighted by atomic mass is 9.99. The van der Waals surface area contributed by atoms with Gasteiger partial charge in [-0.2, -0.15) is 0 Å². The minimum atomic E-state index is -0.783. The van der Waals surface area contributed by atoms with Gasteiger partial charge in [0.25, 0.3) is 11.6 Å². The van der Waals surface area contributed by atoms with E-state index in [1.54, 1.807) is 19.9 Å². The Labute approximate surface area is 111 Å². The maximum absolute atomic E-state index is 12.1. The highest BCUT2D eigenvalue weighted by Gasteiger charge is 2.27. The van der Waals surface area contributed by atoms with Crippen LogP contribution in [-0.4, -0.2) is 28.1 Å². The van der Waals surface area contributed by atoms with Crippen LogP contribution in [0, 0.1) is 17.0 Å². The first-order valence-electron chi connectivity index (χ1n) is 6.01. The fraction of sp³-hybridized carbons (Fsp3) is 0.462. The first kappa shape index (κ1) is 15.1. The van der Waals surface area contributed by atoms with Crippen LogP contribution in [-0.2, 0) is 0 Å². The van der Waals surface area contributed by atoms with E-state index in [2.05, 4.69) is 5.32 Å². The van der Waals surface area contributed by atoms with E-state index < -0.39 is 16.4 Å². The molecule has 104 valence electrons. The largest absolute Gasteiger partial charge is 0.394 e. The summed E-state index contributed by atoms with van der Waals surface area (Å²) in [4.78, 5) is 22.5. The second kappa shape index (κ2) is 5.79. The predicted octanol–water partition coefficient (Wildman–Crippen LogP) is 1.79. The van der Waals surface area contributed by atoms with Gasteiger partial charge in [-0.05, 0) is 31.9 Å². The van der Waals surface area contributed by atoms with Crippen molar-refractivity contribution >= 4 is 11.6 Å². The lowest BCUT2D eigenvalue weighted by molar-refractivity contribution is -0.385. The molecule has 0 aliphatic heterocycles. The zero-order chi connectivity index (χ0) is 14.6. The molecule has 0 fully saturated rings. The van der Waals surface area contributed by atoms with Crippen LogP contribution in [0.2, 0.25) is 0 Å². The van der Waals surface area contributed by atoms with E-state index in [0.717, 1.165) is 5.56 Å². The van der Waals surface area contributed by atoms with Gasteiger partial charge < -0.3 is 10.4 Å². The molecule has 1 aromatic rings. The molecule has 6 heteroatoms. The number of carbonyl (C=O) groups is 1. The fourth-order valence-electron chi connectivity index (χ4n) is 1.57. The zero-order valence-corrected chi connectivity index (χ0v) is 11.3. The summed E-state index contributed by atoms with van der Waals surface area (Å²) in [5.41, 5.74) is -0.245. The Morgan fingerprint density at radius 2 is 2.16 bits per heavy atom. The quantitative estimate of drug-likeness (QED) is 0.627. The molecule has 1 aromatic carbocycles. The number of nitrogens with one attached hydrogen (secondary N) is 1. The smallest absolute Gasteiger partial charge is 0.282 e. The number of hydrogen-bond acceptors (Lipinski definition) is 4. The molecule has 0 aliphatic rings. The van der Waals surface area contributed by atoms with Gasteiger partial charge in [-0.1, -0.05) is 13.0 Å². The number of benzene rings is 1. The molecule has 1 atom stereocenters. The molecule has 0 heterocycles. The average Bonchev–Trinajstić information content (AvgIpc) is 2.38. The highest BCUT2D eigenvalue weighted by atomic mass is 16.6. The van der Waals surface area contributed by atoms with Crippen LogP contribution in [0.3, 0.4) is 0 Å². The number of nitrogens with zero attached hydrogens (tertiary/aromatic N) is 1. The van der Waals surface area contributed by atoms with Crippen molar-refractivity contribution in [3.8, 4) is 0 Å². The maximum Gasteiger partial charge on any atom is 0.282 e. The number of amides is 1. The molecular weight excluding hydrogens is 248 g/mol. The van der Waals surface area contributed by atoms with Gasteiger partial charge in [0.05, 0.1) is 17.1 Å². The molecule has 19 heavy (non-hydrogen) atoms. The summed E-state index contributed by atoms with van der Waals surface area (Å²) in [6.45, 7) is 5.04. The number of nitro groups is 1. The third kappa shape index (κ3) is 3.51. The standard InChI is InChI=1S/C13H18N2O4/c1-4-13(3,8-16)14-12(17)10-7-9(2)5-6-11(10)15(18)19/h5-7,16H,4,8H2,1-3H3,(H,14,17). The summed E-state index contributed by atoms with van der Waals surface area (Å²) in [5.74, 6) is -0.547. The van der Waals surface area contributed by atoms with E-state index >= 15 is 0 Å². The van der Waals surface area contributed by atoms with E-state index in [0.29, 0.717) is 6.42 Å². The minimum absolute atomic E-state index is 0.0122. The summed E-state index contributed by atoms with van der Waals surface area (Å²) in [7, 11) is 0. The van der Waals surface area contributed by atoms with Crippen LogP contribution >= 0.6 is 0 Å². The van der Waals surface area contributed by atoms with E-state index in [4.69, 9.17) is 0 Å². The fourth-order valence-corrected chi connectivity index (χ4v) is 1.57. The van der Waals surface area contributed by atoms with Crippen molar-refractivity contribution in [3.05, 3.63) is 39.4 Å². The van der Waals surface area contributed by atoms with E-state index in [9.17, 15) is 20.0 Å². The summed E-state index contributed by atoms with van der Waals surface area (Å²) in [6, 6.07) is 4.37. The van der Waals surface area contributed by atoms with E-state index in [-0.39, 0.29) is 17.9 Å². The Hall–Kier alpha value is -1.95. The normalized spacial score (nSPS) is 13.7. The molecule has 2 N–H and O–H groups in total. The Kier molecular flexibility index (Phi) is 4.61. The number of aliphatic hydroxyl groups excluding tert-OH is 1. The highest BCUT2D eigenvalue weighted by molar-refractivity contribution is 5.98. The van der Waals surface area contributed by atoms with Crippen LogP contribution in [0.1, 0.15) is 36.2 Å². The number of hydrogen-bond donors (Lipinski definition) is 2. The van der Waals surface area contributed by atoms with Gasteiger partial charge >= 0.3 is 0 Å². The SMILES string of the molecule is CCC(C)(CO)NC(=O)c1cc(C)ccc1[N+](=O)[O-]. The molecule has 0 saturated heterocycles. The summed E-state index contributed by atoms with van der Waals surface area (Å²) < 4.78 is 0. The van der Waals surface area contributed by atoms with Crippen LogP contribution in [0.4, 0.5) is 5.69 Å². The van der Waals surface area contributed by atoms with Crippen molar-refractivity contribution in [1.29, 1.82) is 0 Å². The number of aryl methyl sites for hydroxylation is 1. The van der Waals surface area contributed by atoms with Crippen LogP contribution in [0.5, 0.6) is 0 Å². The van der Waals surface area contributed by atoms with Gasteiger partial charge in [0.2, 0.25) is 0 Å². The van der Waals surface area contributed by atoms with Crippen molar-refractivity contribution in [2.24, 2.45) is 0 Å². The molecular formula is C13H18N2O4. The van der Waals surface area contributed by atoms with Gasteiger partial charge in [-0.25, -0.2) is 0 Å². The monoisotopic (exact) mass is 266 g/mol. The molecule has 6 nitrogen and oxygen atoms in total. The first-order valence-corrected chi connectivity index (χ1v) is 6.01. The molecule has 0 spiro atoms. The third-order valence-corrected chi connectivity index (χ3v) is 3.14. The third-order valence-electron chi connectivity index (χ3n) is 3.14. The minimum Gasteiger partial charge on any atom is -0.394 e. The van der Waals surface area contributed by atoms with Gasteiger partial charge in [-0.15, -0.1) is 0 Å². The van der Waals surface area contributed by atoms with Crippen LogP contribution in [0.15, 0.2) is 18.2 Å². The highest BCUT2D eigenvalue weighted by Crippen LogP contribution is 2.21. The Morgan fingerprint density at radius 1 is 1.53 bits per heavy atom. The second-order valence-electron chi connectivity index (χ2n) is 4.80. The molecule has 1 unspecified atom stereocenters. The molecule has 0 saturated carbocycles. The zero-order valence-electron chi connectivity index (χ0n) is 11.3. The van der Waals surface area contributed by atoms with E-state index in [1.807, 2.05) is 6.92 Å². The van der Waals surface area contributed by atoms with Crippen molar-refractivity contribution in [2.75, 3.05) is 6.61 Å². The average molecular weight is 266 g/mol. The molecule has 0 bridgehead atoms. The van der Waals surface area contributed by atoms with Gasteiger partial charge in [0.15, 0.2) is 0 Å². The van der Waals surface area contributed by atoms with Gasteiger partial charge in [0.1, 0.15) is 5.56 Å². The van der Waals surface area contributed by atoms with Crippen molar-refractivity contribution in [2.45, 2.75) is 32.7 Å². The molecule has 0 radical (unpaired) electrons. The number of rotatable bonds is 5. The molecule has 0 aromatic heterocycles. The molecule has 1 rings (SSSR count). The number of carbonyl (C=O) groups excluding carboxylic acids is 1. The number of aliphatic hydroxyl groups is 1. The van der Waals surface area contributed by atoms with Gasteiger partial charge in [-0.3, -0.25) is 14.9 Å². The van der Waals surface area contributed by atoms with Crippen molar-refractivity contribution < 1.29 is 14.8 Å². The lowest BCUT2D eigenvalue weighted by Crippen LogP contribution is -2.48. The summed E-state index contributed by atoms with van der Waals surface area (Å²) in [5, 5.41) is 22.8. The topological polar surface area (TPSA) is 92.5 Å². The Morgan fingerprint density at radius 3 is 2.63 bits per heavy atom. The molecule has 0 aliphatic carbocycles. The van der Waals surface area contributed by atoms with Crippen LogP contribution in [0.25, 0.3) is 0 Å². The second-order valence-corrected chi connectivity index (χ2v) is 4.80. The van der Waals surface area contributed by atoms with Crippen molar-refractivity contribution in [3.63, 3.8) is 0 Å². The van der Waals surface area contributed by atoms with E-state index in [1.165, 1.54) is 12.1 Å². The number of nitro benzene ring substituents is 1. The van der Waals surface area contributed by atoms with Crippen LogP contribution < -0.4 is 5.32 Å². The predicted molar refractivity (Wildman–Crippen MR) is 71.1 cm³/mol. The Bertz CT molecular complexity index is 495. The summed E-state index contributed by atoms with van der Waals surface area (Å²) in [6.07, 6.45) is 0.523. The van der Waals surface area contributed by atoms with Crippen molar-refractivity contribution in [1.82, 2.24) is 5.32 Å². The first-order chi connectivity index (χ1) is 8.83. The lowest BCUT2D eigenvalue weighted by Gasteiger charge is -2.27. The molecule has 1 amide bonds. The maximum atomic E-state index is 12.1.